The summed E-state index contributed by atoms with van der Waals surface area (Å²) in [4.78, 5) is 23.6. The minimum Gasteiger partial charge on any atom is -0.462 e. The first kappa shape index (κ1) is 17.8. The van der Waals surface area contributed by atoms with Gasteiger partial charge in [-0.05, 0) is 52.3 Å². The molecule has 6 nitrogen and oxygen atoms in total. The predicted octanol–water partition coefficient (Wildman–Crippen LogP) is 3.03. The van der Waals surface area contributed by atoms with Crippen molar-refractivity contribution in [3.05, 3.63) is 29.3 Å². The second kappa shape index (κ2) is 7.15. The lowest BCUT2D eigenvalue weighted by molar-refractivity contribution is 0.0506. The van der Waals surface area contributed by atoms with Crippen molar-refractivity contribution in [2.45, 2.75) is 46.3 Å². The Morgan fingerprint density at radius 3 is 2.50 bits per heavy atom. The second-order valence-corrected chi connectivity index (χ2v) is 5.94. The van der Waals surface area contributed by atoms with Gasteiger partial charge in [0.25, 0.3) is 0 Å². The number of alkyl carbamates (subject to hydrolysis) is 1. The van der Waals surface area contributed by atoms with Crippen LogP contribution in [0.1, 0.15) is 56.6 Å². The molecule has 0 aliphatic rings. The van der Waals surface area contributed by atoms with E-state index in [2.05, 4.69) is 5.32 Å². The van der Waals surface area contributed by atoms with Crippen molar-refractivity contribution in [1.82, 2.24) is 5.32 Å². The van der Waals surface area contributed by atoms with Gasteiger partial charge in [-0.3, -0.25) is 0 Å². The molecule has 1 rings (SSSR count). The lowest BCUT2D eigenvalue weighted by Crippen LogP contribution is -2.34. The third kappa shape index (κ3) is 5.27. The van der Waals surface area contributed by atoms with Crippen molar-refractivity contribution in [2.24, 2.45) is 0 Å². The number of nitrogens with two attached hydrogens (primary N) is 1. The lowest BCUT2D eigenvalue weighted by Gasteiger charge is -2.22. The number of rotatable bonds is 4. The number of anilines is 1. The molecule has 1 atom stereocenters. The molecule has 122 valence electrons. The molecule has 0 spiro atoms. The topological polar surface area (TPSA) is 90.6 Å². The van der Waals surface area contributed by atoms with Gasteiger partial charge in [-0.25, -0.2) is 9.59 Å². The molecule has 22 heavy (non-hydrogen) atoms. The van der Waals surface area contributed by atoms with Crippen molar-refractivity contribution < 1.29 is 19.1 Å². The minimum atomic E-state index is -0.568. The van der Waals surface area contributed by atoms with Crippen molar-refractivity contribution in [2.75, 3.05) is 12.3 Å². The highest BCUT2D eigenvalue weighted by molar-refractivity contribution is 5.95. The fourth-order valence-electron chi connectivity index (χ4n) is 1.80. The Labute approximate surface area is 131 Å². The van der Waals surface area contributed by atoms with Crippen LogP contribution in [0.25, 0.3) is 0 Å². The molecule has 3 N–H and O–H groups in total. The molecule has 0 aliphatic heterocycles. The normalized spacial score (nSPS) is 12.4. The third-order valence-corrected chi connectivity index (χ3v) is 2.81. The molecule has 1 aromatic carbocycles. The van der Waals surface area contributed by atoms with E-state index in [0.717, 1.165) is 5.56 Å². The highest BCUT2D eigenvalue weighted by atomic mass is 16.6. The molecule has 0 saturated heterocycles. The number of ether oxygens (including phenoxy) is 2. The van der Waals surface area contributed by atoms with E-state index in [1.54, 1.807) is 52.8 Å². The van der Waals surface area contributed by atoms with E-state index >= 15 is 0 Å². The van der Waals surface area contributed by atoms with E-state index in [0.29, 0.717) is 5.69 Å². The molecule has 0 radical (unpaired) electrons. The van der Waals surface area contributed by atoms with Gasteiger partial charge in [-0.15, -0.1) is 0 Å². The Hall–Kier alpha value is -2.24. The summed E-state index contributed by atoms with van der Waals surface area (Å²) in [6, 6.07) is 4.66. The molecule has 0 saturated carbocycles. The fraction of sp³-hybridized carbons (Fsp3) is 0.500. The number of nitrogen functional groups attached to an aromatic ring is 1. The monoisotopic (exact) mass is 308 g/mol. The molecule has 0 aliphatic carbocycles. The molecule has 6 heteroatoms. The molecule has 1 aromatic rings. The number of hydrogen-bond acceptors (Lipinski definition) is 5. The average molecular weight is 308 g/mol. The van der Waals surface area contributed by atoms with Gasteiger partial charge < -0.3 is 20.5 Å². The maximum Gasteiger partial charge on any atom is 0.408 e. The summed E-state index contributed by atoms with van der Waals surface area (Å²) in [6.45, 7) is 9.17. The van der Waals surface area contributed by atoms with E-state index in [1.165, 1.54) is 0 Å². The number of nitrogens with one attached hydrogen (secondary N) is 1. The fourth-order valence-corrected chi connectivity index (χ4v) is 1.80. The number of benzene rings is 1. The number of hydrogen-bond donors (Lipinski definition) is 2. The van der Waals surface area contributed by atoms with Crippen LogP contribution in [0.5, 0.6) is 0 Å². The summed E-state index contributed by atoms with van der Waals surface area (Å²) in [5.41, 5.74) is 6.59. The van der Waals surface area contributed by atoms with E-state index in [4.69, 9.17) is 15.2 Å². The average Bonchev–Trinajstić information content (AvgIpc) is 2.36. The van der Waals surface area contributed by atoms with Crippen molar-refractivity contribution in [3.63, 3.8) is 0 Å². The molecule has 0 aromatic heterocycles. The molecular formula is C16H24N2O4. The van der Waals surface area contributed by atoms with Crippen molar-refractivity contribution in [1.29, 1.82) is 0 Å². The summed E-state index contributed by atoms with van der Waals surface area (Å²) in [5, 5.41) is 2.72. The van der Waals surface area contributed by atoms with Gasteiger partial charge in [0.1, 0.15) is 5.60 Å². The van der Waals surface area contributed by atoms with Gasteiger partial charge in [0.05, 0.1) is 18.2 Å². The number of carbonyl (C=O) groups excluding carboxylic acids is 2. The van der Waals surface area contributed by atoms with E-state index in [1.807, 2.05) is 0 Å². The third-order valence-electron chi connectivity index (χ3n) is 2.81. The van der Waals surface area contributed by atoms with Gasteiger partial charge in [0.15, 0.2) is 0 Å². The molecule has 1 unspecified atom stereocenters. The SMILES string of the molecule is CCOC(=O)c1cc(C(C)NC(=O)OC(C)(C)C)ccc1N. The number of amides is 1. The van der Waals surface area contributed by atoms with Gasteiger partial charge >= 0.3 is 12.1 Å². The Balaban J connectivity index is 2.86. The van der Waals surface area contributed by atoms with E-state index in [-0.39, 0.29) is 18.2 Å². The van der Waals surface area contributed by atoms with Gasteiger partial charge in [-0.2, -0.15) is 0 Å². The first-order chi connectivity index (χ1) is 10.1. The van der Waals surface area contributed by atoms with Gasteiger partial charge in [-0.1, -0.05) is 6.07 Å². The van der Waals surface area contributed by atoms with Crippen LogP contribution in [0, 0.1) is 0 Å². The molecule has 0 bridgehead atoms. The quantitative estimate of drug-likeness (QED) is 0.659. The van der Waals surface area contributed by atoms with Crippen molar-refractivity contribution >= 4 is 17.7 Å². The van der Waals surface area contributed by atoms with Crippen LogP contribution in [0.4, 0.5) is 10.5 Å². The van der Waals surface area contributed by atoms with Crippen LogP contribution in [-0.2, 0) is 9.47 Å². The highest BCUT2D eigenvalue weighted by Gasteiger charge is 2.19. The maximum atomic E-state index is 11.8. The van der Waals surface area contributed by atoms with Gasteiger partial charge in [0, 0.05) is 5.69 Å². The summed E-state index contributed by atoms with van der Waals surface area (Å²) >= 11 is 0. The molecular weight excluding hydrogens is 284 g/mol. The van der Waals surface area contributed by atoms with Crippen LogP contribution in [0.15, 0.2) is 18.2 Å². The largest absolute Gasteiger partial charge is 0.462 e. The Bertz CT molecular complexity index is 550. The zero-order valence-electron chi connectivity index (χ0n) is 13.7. The predicted molar refractivity (Wildman–Crippen MR) is 84.6 cm³/mol. The summed E-state index contributed by atoms with van der Waals surface area (Å²) in [6.07, 6.45) is -0.519. The van der Waals surface area contributed by atoms with E-state index in [9.17, 15) is 9.59 Å². The Morgan fingerprint density at radius 2 is 1.95 bits per heavy atom. The van der Waals surface area contributed by atoms with Crippen LogP contribution in [0.3, 0.4) is 0 Å². The van der Waals surface area contributed by atoms with E-state index < -0.39 is 17.7 Å². The van der Waals surface area contributed by atoms with Crippen LogP contribution in [-0.4, -0.2) is 24.3 Å². The van der Waals surface area contributed by atoms with Crippen LogP contribution < -0.4 is 11.1 Å². The Kier molecular flexibility index (Phi) is 5.79. The lowest BCUT2D eigenvalue weighted by atomic mass is 10.0. The summed E-state index contributed by atoms with van der Waals surface area (Å²) in [7, 11) is 0. The minimum absolute atomic E-state index is 0.272. The first-order valence-corrected chi connectivity index (χ1v) is 7.20. The molecule has 0 heterocycles. The van der Waals surface area contributed by atoms with Gasteiger partial charge in [0.2, 0.25) is 0 Å². The molecule has 0 fully saturated rings. The van der Waals surface area contributed by atoms with Crippen LogP contribution in [0.2, 0.25) is 0 Å². The zero-order chi connectivity index (χ0) is 16.9. The first-order valence-electron chi connectivity index (χ1n) is 7.20. The summed E-state index contributed by atoms with van der Waals surface area (Å²) in [5.74, 6) is -0.480. The Morgan fingerprint density at radius 1 is 1.32 bits per heavy atom. The number of carbonyl (C=O) groups is 2. The van der Waals surface area contributed by atoms with Crippen molar-refractivity contribution in [3.8, 4) is 0 Å². The zero-order valence-corrected chi connectivity index (χ0v) is 13.7. The second-order valence-electron chi connectivity index (χ2n) is 5.94. The highest BCUT2D eigenvalue weighted by Crippen LogP contribution is 2.21. The number of esters is 1. The molecule has 1 amide bonds. The summed E-state index contributed by atoms with van der Waals surface area (Å²) < 4.78 is 10.2. The van der Waals surface area contributed by atoms with Crippen LogP contribution >= 0.6 is 0 Å². The standard InChI is InChI=1S/C16H24N2O4/c1-6-21-14(19)12-9-11(7-8-13(12)17)10(2)18-15(20)22-16(3,4)5/h7-10H,6,17H2,1-5H3,(H,18,20). The maximum absolute atomic E-state index is 11.8. The smallest absolute Gasteiger partial charge is 0.408 e.